The highest BCUT2D eigenvalue weighted by Crippen LogP contribution is 2.47. The average Bonchev–Trinajstić information content (AvgIpc) is 1.35. The first kappa shape index (κ1) is 6.70. The van der Waals surface area contributed by atoms with Gasteiger partial charge >= 0.3 is 0 Å². The molecule has 0 aromatic carbocycles. The number of rotatable bonds is 1. The van der Waals surface area contributed by atoms with Crippen LogP contribution in [-0.2, 0) is 0 Å². The van der Waals surface area contributed by atoms with Crippen molar-refractivity contribution in [2.45, 2.75) is 0 Å². The average molecular weight is 124 g/mol. The van der Waals surface area contributed by atoms with E-state index in [9.17, 15) is 0 Å². The Kier molecular flexibility index (Phi) is 2.37. The van der Waals surface area contributed by atoms with Gasteiger partial charge in [0.25, 0.3) is 0 Å². The quantitative estimate of drug-likeness (QED) is 0.481. The third-order valence-electron chi connectivity index (χ3n) is 0.500. The molecule has 0 aromatic heterocycles. The highest BCUT2D eigenvalue weighted by atomic mass is 33.2. The lowest BCUT2D eigenvalue weighted by Gasteiger charge is -2.20. The molecule has 0 aliphatic carbocycles. The molecule has 0 amide bonds. The molecule has 0 aliphatic rings. The molecule has 0 fully saturated rings. The zero-order valence-corrected chi connectivity index (χ0v) is 6.45. The van der Waals surface area contributed by atoms with Gasteiger partial charge in [-0.25, -0.2) is 9.06 Å². The van der Waals surface area contributed by atoms with E-state index in [0.29, 0.717) is 0 Å². The van der Waals surface area contributed by atoms with Crippen molar-refractivity contribution < 1.29 is 0 Å². The lowest BCUT2D eigenvalue weighted by molar-refractivity contribution is 2.17. The Bertz CT molecular complexity index is 35.3. The van der Waals surface area contributed by atoms with Crippen molar-refractivity contribution >= 4 is 19.9 Å². The SMILES string of the molecule is CSS(C)(C)C. The lowest BCUT2D eigenvalue weighted by atomic mass is 11.9. The van der Waals surface area contributed by atoms with Crippen molar-refractivity contribution in [2.24, 2.45) is 0 Å². The zero-order valence-electron chi connectivity index (χ0n) is 4.82. The molecular weight excluding hydrogens is 112 g/mol. The first-order chi connectivity index (χ1) is 2.56. The first-order valence-electron chi connectivity index (χ1n) is 1.80. The smallest absolute Gasteiger partial charge is 0.00943 e. The molecule has 0 unspecified atom stereocenters. The van der Waals surface area contributed by atoms with Crippen LogP contribution >= 0.6 is 19.9 Å². The van der Waals surface area contributed by atoms with Gasteiger partial charge in [-0.05, 0) is 25.0 Å². The van der Waals surface area contributed by atoms with E-state index in [1.165, 1.54) is 0 Å². The van der Waals surface area contributed by atoms with Crippen molar-refractivity contribution in [3.05, 3.63) is 0 Å². The minimum atomic E-state index is -0.245. The van der Waals surface area contributed by atoms with Crippen molar-refractivity contribution in [3.63, 3.8) is 0 Å². The van der Waals surface area contributed by atoms with E-state index in [1.54, 1.807) is 0 Å². The van der Waals surface area contributed by atoms with E-state index in [2.05, 4.69) is 25.0 Å². The van der Waals surface area contributed by atoms with Crippen molar-refractivity contribution in [1.29, 1.82) is 0 Å². The normalized spacial score (nSPS) is 14.7. The molecule has 2 heteroatoms. The van der Waals surface area contributed by atoms with Gasteiger partial charge in [0, 0.05) is 0 Å². The molecule has 0 saturated carbocycles. The number of hydrogen-bond acceptors (Lipinski definition) is 1. The molecule has 0 N–H and O–H groups in total. The van der Waals surface area contributed by atoms with Crippen LogP contribution in [0.2, 0.25) is 0 Å². The van der Waals surface area contributed by atoms with Crippen LogP contribution in [0.5, 0.6) is 0 Å². The van der Waals surface area contributed by atoms with Crippen LogP contribution in [-0.4, -0.2) is 25.0 Å². The molecular formula is C4H12S2. The fraction of sp³-hybridized carbons (Fsp3) is 1.00. The summed E-state index contributed by atoms with van der Waals surface area (Å²) in [5, 5.41) is 0. The van der Waals surface area contributed by atoms with Crippen LogP contribution in [0.25, 0.3) is 0 Å². The summed E-state index contributed by atoms with van der Waals surface area (Å²) in [7, 11) is 1.72. The second-order valence-corrected chi connectivity index (χ2v) is 9.67. The maximum absolute atomic E-state index is 2.29. The van der Waals surface area contributed by atoms with E-state index in [4.69, 9.17) is 0 Å². The Labute approximate surface area is 45.4 Å². The molecule has 0 aliphatic heterocycles. The Morgan fingerprint density at radius 1 is 1.17 bits per heavy atom. The minimum Gasteiger partial charge on any atom is -0.202 e. The second kappa shape index (κ2) is 2.12. The van der Waals surface area contributed by atoms with E-state index >= 15 is 0 Å². The largest absolute Gasteiger partial charge is 0.202 e. The summed E-state index contributed by atoms with van der Waals surface area (Å²) in [5.74, 6) is 0. The van der Waals surface area contributed by atoms with Gasteiger partial charge in [0.05, 0.1) is 0 Å². The maximum Gasteiger partial charge on any atom is -0.00943 e. The van der Waals surface area contributed by atoms with Crippen LogP contribution in [0.15, 0.2) is 0 Å². The van der Waals surface area contributed by atoms with Gasteiger partial charge in [-0.3, -0.25) is 0 Å². The van der Waals surface area contributed by atoms with Crippen LogP contribution in [0, 0.1) is 0 Å². The molecule has 0 atom stereocenters. The highest BCUT2D eigenvalue weighted by molar-refractivity contribution is 8.93. The summed E-state index contributed by atoms with van der Waals surface area (Å²) in [4.78, 5) is 0. The van der Waals surface area contributed by atoms with Gasteiger partial charge in [0.1, 0.15) is 0 Å². The van der Waals surface area contributed by atoms with Crippen molar-refractivity contribution in [3.8, 4) is 0 Å². The molecule has 0 bridgehead atoms. The van der Waals surface area contributed by atoms with Gasteiger partial charge in [-0.1, -0.05) is 0 Å². The Hall–Kier alpha value is 0.700. The summed E-state index contributed by atoms with van der Waals surface area (Å²) < 4.78 is 0. The number of hydrogen-bond donors (Lipinski definition) is 0. The predicted octanol–water partition coefficient (Wildman–Crippen LogP) is 1.96. The van der Waals surface area contributed by atoms with Crippen LogP contribution < -0.4 is 0 Å². The predicted molar refractivity (Wildman–Crippen MR) is 38.9 cm³/mol. The van der Waals surface area contributed by atoms with Crippen LogP contribution in [0.1, 0.15) is 0 Å². The minimum absolute atomic E-state index is 0.245. The third kappa shape index (κ3) is 4.70. The molecule has 0 saturated heterocycles. The topological polar surface area (TPSA) is 0 Å². The van der Waals surface area contributed by atoms with Crippen LogP contribution in [0.4, 0.5) is 0 Å². The van der Waals surface area contributed by atoms with Gasteiger partial charge < -0.3 is 0 Å². The van der Waals surface area contributed by atoms with Gasteiger partial charge in [0.2, 0.25) is 0 Å². The van der Waals surface area contributed by atoms with E-state index in [-0.39, 0.29) is 9.06 Å². The molecule has 0 heterocycles. The van der Waals surface area contributed by atoms with Gasteiger partial charge in [-0.15, -0.1) is 10.8 Å². The lowest BCUT2D eigenvalue weighted by Crippen LogP contribution is -1.79. The standard InChI is InChI=1S/C4H12S2/c1-5-6(2,3)4/h1-4H3. The molecule has 40 valence electrons. The molecule has 0 rings (SSSR count). The Balaban J connectivity index is 3.17. The Morgan fingerprint density at radius 3 is 1.33 bits per heavy atom. The third-order valence-corrected chi connectivity index (χ3v) is 4.50. The van der Waals surface area contributed by atoms with E-state index in [1.807, 2.05) is 10.8 Å². The van der Waals surface area contributed by atoms with Crippen molar-refractivity contribution in [2.75, 3.05) is 25.0 Å². The molecule has 6 heavy (non-hydrogen) atoms. The highest BCUT2D eigenvalue weighted by Gasteiger charge is 1.96. The maximum atomic E-state index is 2.29. The van der Waals surface area contributed by atoms with Crippen molar-refractivity contribution in [1.82, 2.24) is 0 Å². The fourth-order valence-corrected chi connectivity index (χ4v) is 0. The summed E-state index contributed by atoms with van der Waals surface area (Å²) >= 11 is 0. The second-order valence-electron chi connectivity index (χ2n) is 1.89. The monoisotopic (exact) mass is 124 g/mol. The molecule has 0 nitrogen and oxygen atoms in total. The summed E-state index contributed by atoms with van der Waals surface area (Å²) in [6.07, 6.45) is 9.03. The first-order valence-corrected chi connectivity index (χ1v) is 6.40. The van der Waals surface area contributed by atoms with Crippen LogP contribution in [0.3, 0.4) is 0 Å². The van der Waals surface area contributed by atoms with E-state index < -0.39 is 0 Å². The summed E-state index contributed by atoms with van der Waals surface area (Å²) in [5.41, 5.74) is 0. The molecule has 0 spiro atoms. The zero-order chi connectivity index (χ0) is 5.21. The summed E-state index contributed by atoms with van der Waals surface area (Å²) in [6, 6.07) is 0. The molecule has 0 radical (unpaired) electrons. The Morgan fingerprint density at radius 2 is 1.33 bits per heavy atom. The van der Waals surface area contributed by atoms with Gasteiger partial charge in [-0.2, -0.15) is 0 Å². The van der Waals surface area contributed by atoms with E-state index in [0.717, 1.165) is 0 Å². The molecule has 0 aromatic rings. The summed E-state index contributed by atoms with van der Waals surface area (Å²) in [6.45, 7) is 0. The van der Waals surface area contributed by atoms with Gasteiger partial charge in [0.15, 0.2) is 0 Å². The fourth-order valence-electron chi connectivity index (χ4n) is 0.